The van der Waals surface area contributed by atoms with Crippen LogP contribution >= 0.6 is 0 Å². The first-order chi connectivity index (χ1) is 9.31. The zero-order chi connectivity index (χ0) is 15.3. The molecule has 20 heavy (non-hydrogen) atoms. The van der Waals surface area contributed by atoms with Crippen LogP contribution in [0.25, 0.3) is 0 Å². The van der Waals surface area contributed by atoms with Crippen LogP contribution in [0.1, 0.15) is 31.1 Å². The minimum atomic E-state index is -0.389. The van der Waals surface area contributed by atoms with Gasteiger partial charge in [-0.25, -0.2) is 4.98 Å². The summed E-state index contributed by atoms with van der Waals surface area (Å²) in [6.45, 7) is 5.58. The molecule has 0 aliphatic carbocycles. The number of rotatable bonds is 5. The molecule has 0 aliphatic rings. The first kappa shape index (κ1) is 15.9. The second-order valence-corrected chi connectivity index (χ2v) is 5.16. The molecule has 0 bridgehead atoms. The van der Waals surface area contributed by atoms with Gasteiger partial charge in [0.2, 0.25) is 5.91 Å². The van der Waals surface area contributed by atoms with Gasteiger partial charge in [0.15, 0.2) is 0 Å². The van der Waals surface area contributed by atoms with Crippen molar-refractivity contribution >= 4 is 17.6 Å². The van der Waals surface area contributed by atoms with Crippen LogP contribution in [0.5, 0.6) is 0 Å². The van der Waals surface area contributed by atoms with Gasteiger partial charge in [0.05, 0.1) is 5.56 Å². The Bertz CT molecular complexity index is 469. The Morgan fingerprint density at radius 3 is 2.30 bits per heavy atom. The quantitative estimate of drug-likeness (QED) is 0.846. The van der Waals surface area contributed by atoms with Crippen LogP contribution in [0.2, 0.25) is 0 Å². The summed E-state index contributed by atoms with van der Waals surface area (Å²) in [5, 5.41) is 5.81. The first-order valence-electron chi connectivity index (χ1n) is 6.56. The molecule has 1 atom stereocenters. The second kappa shape index (κ2) is 6.88. The molecule has 0 spiro atoms. The molecule has 2 N–H and O–H groups in total. The Hall–Kier alpha value is -2.11. The summed E-state index contributed by atoms with van der Waals surface area (Å²) >= 11 is 0. The molecule has 1 aromatic rings. The number of carbonyl (C=O) groups excluding carboxylic acids is 2. The van der Waals surface area contributed by atoms with E-state index in [0.717, 1.165) is 0 Å². The van der Waals surface area contributed by atoms with Gasteiger partial charge in [-0.3, -0.25) is 9.59 Å². The summed E-state index contributed by atoms with van der Waals surface area (Å²) < 4.78 is 0. The van der Waals surface area contributed by atoms with E-state index in [1.165, 1.54) is 11.1 Å². The maximum atomic E-state index is 11.8. The number of nitrogens with one attached hydrogen (secondary N) is 2. The molecule has 0 saturated carbocycles. The minimum absolute atomic E-state index is 0.0877. The van der Waals surface area contributed by atoms with Gasteiger partial charge in [0.25, 0.3) is 5.91 Å². The molecule has 0 aliphatic heterocycles. The lowest BCUT2D eigenvalue weighted by atomic mass is 10.2. The lowest BCUT2D eigenvalue weighted by Crippen LogP contribution is -2.41. The zero-order valence-corrected chi connectivity index (χ0v) is 12.6. The fourth-order valence-corrected chi connectivity index (χ4v) is 1.56. The Kier molecular flexibility index (Phi) is 5.49. The van der Waals surface area contributed by atoms with Gasteiger partial charge >= 0.3 is 0 Å². The maximum absolute atomic E-state index is 11.8. The average molecular weight is 278 g/mol. The Balaban J connectivity index is 2.66. The molecular weight excluding hydrogens is 256 g/mol. The van der Waals surface area contributed by atoms with E-state index in [0.29, 0.717) is 11.4 Å². The van der Waals surface area contributed by atoms with Gasteiger partial charge in [-0.2, -0.15) is 0 Å². The van der Waals surface area contributed by atoms with Gasteiger partial charge < -0.3 is 15.5 Å². The van der Waals surface area contributed by atoms with Crippen molar-refractivity contribution in [3.63, 3.8) is 0 Å². The van der Waals surface area contributed by atoms with E-state index >= 15 is 0 Å². The predicted octanol–water partition coefficient (Wildman–Crippen LogP) is 1.11. The lowest BCUT2D eigenvalue weighted by Gasteiger charge is -2.16. The number of hydrogen-bond donors (Lipinski definition) is 2. The largest absolute Gasteiger partial charge is 0.359 e. The van der Waals surface area contributed by atoms with Crippen LogP contribution in [0, 0.1) is 0 Å². The fourth-order valence-electron chi connectivity index (χ4n) is 1.56. The van der Waals surface area contributed by atoms with Crippen molar-refractivity contribution in [1.29, 1.82) is 0 Å². The van der Waals surface area contributed by atoms with E-state index in [1.54, 1.807) is 33.2 Å². The zero-order valence-electron chi connectivity index (χ0n) is 12.6. The van der Waals surface area contributed by atoms with Crippen molar-refractivity contribution in [2.24, 2.45) is 0 Å². The molecular formula is C14H22N4O2. The predicted molar refractivity (Wildman–Crippen MR) is 78.6 cm³/mol. The van der Waals surface area contributed by atoms with Crippen molar-refractivity contribution in [1.82, 2.24) is 15.2 Å². The monoisotopic (exact) mass is 278 g/mol. The normalized spacial score (nSPS) is 11.9. The molecule has 0 fully saturated rings. The molecule has 6 heteroatoms. The minimum Gasteiger partial charge on any atom is -0.359 e. The number of aromatic nitrogens is 1. The average Bonchev–Trinajstić information content (AvgIpc) is 2.37. The third-order valence-electron chi connectivity index (χ3n) is 2.61. The SMILES string of the molecule is CC(C)NC(=O)C(C)Nc1ccc(C(=O)N(C)C)cn1. The summed E-state index contributed by atoms with van der Waals surface area (Å²) in [6, 6.07) is 3.08. The van der Waals surface area contributed by atoms with Crippen molar-refractivity contribution in [3.8, 4) is 0 Å². The number of nitrogens with zero attached hydrogens (tertiary/aromatic N) is 2. The Morgan fingerprint density at radius 1 is 1.20 bits per heavy atom. The third-order valence-corrected chi connectivity index (χ3v) is 2.61. The summed E-state index contributed by atoms with van der Waals surface area (Å²) in [7, 11) is 3.37. The number of anilines is 1. The van der Waals surface area contributed by atoms with Crippen LogP contribution in [-0.2, 0) is 4.79 Å². The molecule has 0 radical (unpaired) electrons. The van der Waals surface area contributed by atoms with Crippen LogP contribution in [0.3, 0.4) is 0 Å². The standard InChI is InChI=1S/C14H22N4O2/c1-9(2)16-13(19)10(3)17-12-7-6-11(8-15-12)14(20)18(4)5/h6-10H,1-5H3,(H,15,17)(H,16,19). The number of carbonyl (C=O) groups is 2. The van der Waals surface area contributed by atoms with Gasteiger partial charge in [-0.1, -0.05) is 0 Å². The summed E-state index contributed by atoms with van der Waals surface area (Å²) in [4.78, 5) is 29.1. The van der Waals surface area contributed by atoms with Crippen molar-refractivity contribution in [2.45, 2.75) is 32.9 Å². The number of amides is 2. The number of hydrogen-bond acceptors (Lipinski definition) is 4. The van der Waals surface area contributed by atoms with Crippen LogP contribution in [0.15, 0.2) is 18.3 Å². The molecule has 6 nitrogen and oxygen atoms in total. The number of pyridine rings is 1. The van der Waals surface area contributed by atoms with Gasteiger partial charge in [-0.05, 0) is 32.9 Å². The smallest absolute Gasteiger partial charge is 0.254 e. The fraction of sp³-hybridized carbons (Fsp3) is 0.500. The summed E-state index contributed by atoms with van der Waals surface area (Å²) in [5.74, 6) is 0.372. The van der Waals surface area contributed by atoms with Crippen LogP contribution in [-0.4, -0.2) is 47.9 Å². The van der Waals surface area contributed by atoms with Gasteiger partial charge in [-0.15, -0.1) is 0 Å². The van der Waals surface area contributed by atoms with Crippen molar-refractivity contribution in [3.05, 3.63) is 23.9 Å². The van der Waals surface area contributed by atoms with Crippen LogP contribution in [0.4, 0.5) is 5.82 Å². The maximum Gasteiger partial charge on any atom is 0.254 e. The van der Waals surface area contributed by atoms with Gasteiger partial charge in [0.1, 0.15) is 11.9 Å². The first-order valence-corrected chi connectivity index (χ1v) is 6.56. The molecule has 0 saturated heterocycles. The second-order valence-electron chi connectivity index (χ2n) is 5.16. The Labute approximate surface area is 119 Å². The molecule has 110 valence electrons. The van der Waals surface area contributed by atoms with E-state index < -0.39 is 0 Å². The molecule has 2 amide bonds. The molecule has 1 heterocycles. The highest BCUT2D eigenvalue weighted by atomic mass is 16.2. The molecule has 0 aromatic carbocycles. The Morgan fingerprint density at radius 2 is 1.85 bits per heavy atom. The highest BCUT2D eigenvalue weighted by molar-refractivity contribution is 5.93. The molecule has 1 rings (SSSR count). The molecule has 1 unspecified atom stereocenters. The van der Waals surface area contributed by atoms with E-state index in [-0.39, 0.29) is 23.9 Å². The van der Waals surface area contributed by atoms with E-state index in [1.807, 2.05) is 13.8 Å². The van der Waals surface area contributed by atoms with Crippen molar-refractivity contribution in [2.75, 3.05) is 19.4 Å². The molecule has 1 aromatic heterocycles. The highest BCUT2D eigenvalue weighted by Crippen LogP contribution is 2.08. The van der Waals surface area contributed by atoms with Crippen molar-refractivity contribution < 1.29 is 9.59 Å². The van der Waals surface area contributed by atoms with E-state index in [2.05, 4.69) is 15.6 Å². The highest BCUT2D eigenvalue weighted by Gasteiger charge is 2.14. The summed E-state index contributed by atoms with van der Waals surface area (Å²) in [5.41, 5.74) is 0.514. The van der Waals surface area contributed by atoms with Gasteiger partial charge in [0, 0.05) is 26.3 Å². The summed E-state index contributed by atoms with van der Waals surface area (Å²) in [6.07, 6.45) is 1.50. The topological polar surface area (TPSA) is 74.3 Å². The van der Waals surface area contributed by atoms with E-state index in [9.17, 15) is 9.59 Å². The van der Waals surface area contributed by atoms with E-state index in [4.69, 9.17) is 0 Å². The third kappa shape index (κ3) is 4.53. The lowest BCUT2D eigenvalue weighted by molar-refractivity contribution is -0.122. The van der Waals surface area contributed by atoms with Crippen LogP contribution < -0.4 is 10.6 Å².